The Morgan fingerprint density at radius 2 is 1.97 bits per heavy atom. The van der Waals surface area contributed by atoms with Crippen LogP contribution < -0.4 is 20.1 Å². The highest BCUT2D eigenvalue weighted by molar-refractivity contribution is 6.34. The van der Waals surface area contributed by atoms with Crippen molar-refractivity contribution in [2.75, 3.05) is 12.4 Å². The number of urea groups is 1. The van der Waals surface area contributed by atoms with Crippen LogP contribution in [0.4, 0.5) is 19.3 Å². The highest BCUT2D eigenvalue weighted by Gasteiger charge is 2.25. The third kappa shape index (κ3) is 4.22. The highest BCUT2D eigenvalue weighted by Crippen LogP contribution is 2.39. The number of halogens is 3. The van der Waals surface area contributed by atoms with Gasteiger partial charge < -0.3 is 25.2 Å². The summed E-state index contributed by atoms with van der Waals surface area (Å²) < 4.78 is 40.1. The number of methoxy groups -OCH3 is 1. The molecule has 0 spiro atoms. The van der Waals surface area contributed by atoms with Gasteiger partial charge in [-0.2, -0.15) is 0 Å². The van der Waals surface area contributed by atoms with Crippen molar-refractivity contribution in [3.63, 3.8) is 0 Å². The van der Waals surface area contributed by atoms with Crippen molar-refractivity contribution in [2.24, 2.45) is 0 Å². The largest absolute Gasteiger partial charge is 0.496 e. The van der Waals surface area contributed by atoms with Crippen molar-refractivity contribution >= 4 is 40.2 Å². The predicted molar refractivity (Wildman–Crippen MR) is 112 cm³/mol. The Morgan fingerprint density at radius 3 is 2.62 bits per heavy atom. The van der Waals surface area contributed by atoms with Gasteiger partial charge in [0.2, 0.25) is 0 Å². The molecule has 0 saturated heterocycles. The molecule has 0 aliphatic heterocycles. The summed E-state index contributed by atoms with van der Waals surface area (Å²) in [7, 11) is 1.31. The molecule has 1 saturated carbocycles. The number of ether oxygens (including phenoxy) is 2. The van der Waals surface area contributed by atoms with Gasteiger partial charge in [0.15, 0.2) is 17.4 Å². The number of carbonyl (C=O) groups excluding carboxylic acids is 1. The molecule has 0 atom stereocenters. The van der Waals surface area contributed by atoms with Crippen LogP contribution in [0.3, 0.4) is 0 Å². The van der Waals surface area contributed by atoms with Gasteiger partial charge in [0.05, 0.1) is 18.3 Å². The van der Waals surface area contributed by atoms with Crippen LogP contribution in [0.2, 0.25) is 5.02 Å². The van der Waals surface area contributed by atoms with E-state index in [9.17, 15) is 23.5 Å². The predicted octanol–water partition coefficient (Wildman–Crippen LogP) is 4.95. The van der Waals surface area contributed by atoms with Gasteiger partial charge in [-0.15, -0.1) is 0 Å². The van der Waals surface area contributed by atoms with E-state index in [0.29, 0.717) is 0 Å². The summed E-state index contributed by atoms with van der Waals surface area (Å²) in [6, 6.07) is 4.17. The summed E-state index contributed by atoms with van der Waals surface area (Å²) in [6.07, 6.45) is 3.01. The molecule has 2 amide bonds. The second kappa shape index (κ2) is 8.46. The minimum atomic E-state index is -1.26. The quantitative estimate of drug-likeness (QED) is 0.446. The van der Waals surface area contributed by atoms with Gasteiger partial charge in [0, 0.05) is 29.8 Å². The second-order valence-electron chi connectivity index (χ2n) is 7.02. The molecule has 11 heteroatoms. The lowest BCUT2D eigenvalue weighted by Gasteiger charge is -2.15. The van der Waals surface area contributed by atoms with Crippen LogP contribution in [0.1, 0.15) is 23.2 Å². The van der Waals surface area contributed by atoms with Crippen LogP contribution in [-0.2, 0) is 0 Å². The summed E-state index contributed by atoms with van der Waals surface area (Å²) >= 11 is 5.99. The number of fused-ring (bicyclic) bond motifs is 1. The lowest BCUT2D eigenvalue weighted by molar-refractivity contribution is 0.0693. The Bertz CT molecular complexity index is 1250. The molecule has 1 heterocycles. The van der Waals surface area contributed by atoms with Crippen LogP contribution in [0, 0.1) is 11.6 Å². The summed E-state index contributed by atoms with van der Waals surface area (Å²) in [5, 5.41) is 14.0. The molecule has 4 rings (SSSR count). The Morgan fingerprint density at radius 1 is 1.22 bits per heavy atom. The molecule has 1 aliphatic rings. The maximum atomic E-state index is 14.9. The number of aromatic nitrogens is 1. The number of carboxylic acids is 1. The van der Waals surface area contributed by atoms with Crippen LogP contribution in [0.5, 0.6) is 17.2 Å². The smallest absolute Gasteiger partial charge is 0.339 e. The van der Waals surface area contributed by atoms with Crippen molar-refractivity contribution in [1.29, 1.82) is 0 Å². The van der Waals surface area contributed by atoms with E-state index in [1.807, 2.05) is 0 Å². The normalized spacial score (nSPS) is 13.0. The molecule has 1 aliphatic carbocycles. The highest BCUT2D eigenvalue weighted by atomic mass is 35.5. The first-order valence-electron chi connectivity index (χ1n) is 9.41. The number of rotatable bonds is 6. The molecule has 1 aromatic heterocycles. The van der Waals surface area contributed by atoms with Gasteiger partial charge in [0.25, 0.3) is 0 Å². The first-order chi connectivity index (χ1) is 15.3. The molecular formula is C21H16ClF2N3O5. The summed E-state index contributed by atoms with van der Waals surface area (Å²) in [6.45, 7) is 0. The minimum absolute atomic E-state index is 0.0420. The van der Waals surface area contributed by atoms with E-state index in [4.69, 9.17) is 21.1 Å². The number of aromatic carboxylic acids is 1. The van der Waals surface area contributed by atoms with E-state index in [1.165, 1.54) is 31.5 Å². The molecule has 3 N–H and O–H groups in total. The fourth-order valence-electron chi connectivity index (χ4n) is 3.02. The van der Waals surface area contributed by atoms with Gasteiger partial charge in [-0.05, 0) is 25.0 Å². The summed E-state index contributed by atoms with van der Waals surface area (Å²) in [5.41, 5.74) is -0.158. The Labute approximate surface area is 185 Å². The molecule has 0 radical (unpaired) electrons. The zero-order chi connectivity index (χ0) is 23.0. The van der Waals surface area contributed by atoms with Crippen LogP contribution in [0.15, 0.2) is 30.5 Å². The van der Waals surface area contributed by atoms with Crippen molar-refractivity contribution in [3.05, 3.63) is 52.7 Å². The number of anilines is 1. The van der Waals surface area contributed by atoms with E-state index >= 15 is 0 Å². The maximum absolute atomic E-state index is 14.9. The standard InChI is InChI=1S/C21H16ClF2N3O5/c1-31-16-8-13-10(6-11(16)20(28)29)15(4-5-25-13)32-19-12(23)7-14(17(22)18(19)24)27-21(30)26-9-2-3-9/h4-9H,2-3H2,1H3,(H,28,29)(H2,26,27,30). The minimum Gasteiger partial charge on any atom is -0.496 e. The molecule has 166 valence electrons. The number of nitrogens with one attached hydrogen (secondary N) is 2. The van der Waals surface area contributed by atoms with Crippen LogP contribution >= 0.6 is 11.6 Å². The number of pyridine rings is 1. The average molecular weight is 464 g/mol. The number of carbonyl (C=O) groups is 2. The van der Waals surface area contributed by atoms with E-state index < -0.39 is 34.4 Å². The Hall–Kier alpha value is -3.66. The third-order valence-corrected chi connectivity index (χ3v) is 5.11. The van der Waals surface area contributed by atoms with Crippen molar-refractivity contribution in [3.8, 4) is 17.2 Å². The molecular weight excluding hydrogens is 448 g/mol. The first kappa shape index (κ1) is 21.6. The van der Waals surface area contributed by atoms with E-state index in [2.05, 4.69) is 15.6 Å². The zero-order valence-corrected chi connectivity index (χ0v) is 17.3. The summed E-state index contributed by atoms with van der Waals surface area (Å²) in [4.78, 5) is 27.5. The van der Waals surface area contributed by atoms with Crippen LogP contribution in [-0.4, -0.2) is 35.2 Å². The van der Waals surface area contributed by atoms with Gasteiger partial charge in [-0.25, -0.2) is 18.4 Å². The van der Waals surface area contributed by atoms with E-state index in [-0.39, 0.29) is 39.7 Å². The summed E-state index contributed by atoms with van der Waals surface area (Å²) in [5.74, 6) is -4.42. The SMILES string of the molecule is COc1cc2nccc(Oc3c(F)cc(NC(=O)NC4CC4)c(Cl)c3F)c2cc1C(=O)O. The zero-order valence-electron chi connectivity index (χ0n) is 16.5. The first-order valence-corrected chi connectivity index (χ1v) is 9.79. The molecule has 1 fully saturated rings. The van der Waals surface area contributed by atoms with Gasteiger partial charge in [-0.3, -0.25) is 4.98 Å². The number of hydrogen-bond donors (Lipinski definition) is 3. The Balaban J connectivity index is 1.70. The van der Waals surface area contributed by atoms with Gasteiger partial charge in [0.1, 0.15) is 22.1 Å². The molecule has 8 nitrogen and oxygen atoms in total. The number of nitrogens with zero attached hydrogens (tertiary/aromatic N) is 1. The van der Waals surface area contributed by atoms with Crippen molar-refractivity contribution < 1.29 is 33.0 Å². The topological polar surface area (TPSA) is 110 Å². The fourth-order valence-corrected chi connectivity index (χ4v) is 3.21. The number of carboxylic acid groups (broad SMARTS) is 1. The second-order valence-corrected chi connectivity index (χ2v) is 7.40. The van der Waals surface area contributed by atoms with Gasteiger partial charge >= 0.3 is 12.0 Å². The molecule has 0 bridgehead atoms. The average Bonchev–Trinajstić information content (AvgIpc) is 3.57. The lowest BCUT2D eigenvalue weighted by atomic mass is 10.1. The van der Waals surface area contributed by atoms with Crippen molar-refractivity contribution in [1.82, 2.24) is 10.3 Å². The van der Waals surface area contributed by atoms with Crippen molar-refractivity contribution in [2.45, 2.75) is 18.9 Å². The van der Waals surface area contributed by atoms with E-state index in [1.54, 1.807) is 0 Å². The van der Waals surface area contributed by atoms with E-state index in [0.717, 1.165) is 18.9 Å². The molecule has 32 heavy (non-hydrogen) atoms. The van der Waals surface area contributed by atoms with Crippen LogP contribution in [0.25, 0.3) is 10.9 Å². The third-order valence-electron chi connectivity index (χ3n) is 4.74. The lowest BCUT2D eigenvalue weighted by Crippen LogP contribution is -2.30. The monoisotopic (exact) mass is 463 g/mol. The molecule has 3 aromatic rings. The Kier molecular flexibility index (Phi) is 5.70. The molecule has 0 unspecified atom stereocenters. The number of amides is 2. The molecule has 2 aromatic carbocycles. The number of hydrogen-bond acceptors (Lipinski definition) is 5. The fraction of sp³-hybridized carbons (Fsp3) is 0.190. The number of benzene rings is 2. The maximum Gasteiger partial charge on any atom is 0.339 e. The van der Waals surface area contributed by atoms with Gasteiger partial charge in [-0.1, -0.05) is 11.6 Å².